The first-order valence-corrected chi connectivity index (χ1v) is 6.08. The molecule has 66 valence electrons. The minimum absolute atomic E-state index is 0.0403. The van der Waals surface area contributed by atoms with Crippen LogP contribution in [0, 0.1) is 6.92 Å². The molecular weight excluding hydrogens is 265 g/mol. The number of rotatable bonds is 1. The molecule has 1 aromatic heterocycles. The van der Waals surface area contributed by atoms with Gasteiger partial charge in [0.25, 0.3) is 9.05 Å². The van der Waals surface area contributed by atoms with Crippen LogP contribution in [-0.4, -0.2) is 13.4 Å². The third-order valence-corrected chi connectivity index (χ3v) is 3.14. The second kappa shape index (κ2) is 3.32. The smallest absolute Gasteiger partial charge is 0.259 e. The second-order valence-corrected chi connectivity index (χ2v) is 5.62. The van der Waals surface area contributed by atoms with Gasteiger partial charge in [-0.25, -0.2) is 8.42 Å². The maximum atomic E-state index is 10.9. The van der Waals surface area contributed by atoms with E-state index in [1.165, 1.54) is 12.3 Å². The summed E-state index contributed by atoms with van der Waals surface area (Å²) < 4.78 is 22.4. The van der Waals surface area contributed by atoms with Crippen molar-refractivity contribution >= 4 is 35.7 Å². The van der Waals surface area contributed by atoms with Crippen molar-refractivity contribution < 1.29 is 8.42 Å². The van der Waals surface area contributed by atoms with E-state index in [0.717, 1.165) is 0 Å². The van der Waals surface area contributed by atoms with Gasteiger partial charge in [-0.3, -0.25) is 4.98 Å². The maximum Gasteiger partial charge on any atom is 0.263 e. The van der Waals surface area contributed by atoms with E-state index in [2.05, 4.69) is 20.9 Å². The molecule has 0 spiro atoms. The first kappa shape index (κ1) is 9.95. The molecule has 12 heavy (non-hydrogen) atoms. The van der Waals surface area contributed by atoms with Crippen LogP contribution >= 0.6 is 26.6 Å². The highest BCUT2D eigenvalue weighted by molar-refractivity contribution is 9.10. The van der Waals surface area contributed by atoms with Gasteiger partial charge in [-0.05, 0) is 28.9 Å². The van der Waals surface area contributed by atoms with Gasteiger partial charge in [-0.15, -0.1) is 0 Å². The average molecular weight is 271 g/mol. The molecule has 1 heterocycles. The van der Waals surface area contributed by atoms with Crippen LogP contribution in [0.1, 0.15) is 5.69 Å². The lowest BCUT2D eigenvalue weighted by molar-refractivity contribution is 0.608. The summed E-state index contributed by atoms with van der Waals surface area (Å²) in [6, 6.07) is 1.42. The van der Waals surface area contributed by atoms with E-state index in [1.54, 1.807) is 6.92 Å². The van der Waals surface area contributed by atoms with E-state index in [1.807, 2.05) is 0 Å². The molecule has 3 nitrogen and oxygen atoms in total. The number of aromatic nitrogens is 1. The van der Waals surface area contributed by atoms with Crippen LogP contribution in [0.15, 0.2) is 21.6 Å². The monoisotopic (exact) mass is 269 g/mol. The lowest BCUT2D eigenvalue weighted by Crippen LogP contribution is -1.96. The lowest BCUT2D eigenvalue weighted by atomic mass is 10.4. The molecular formula is C6H5BrClNO2S. The standard InChI is InChI=1S/C6H5BrClNO2S/c1-4-6(12(8,10)11)2-5(7)3-9-4/h2-3H,1H3. The molecule has 0 aliphatic heterocycles. The Morgan fingerprint density at radius 1 is 1.58 bits per heavy atom. The minimum atomic E-state index is -3.68. The molecule has 0 saturated carbocycles. The highest BCUT2D eigenvalue weighted by Crippen LogP contribution is 2.21. The molecule has 0 atom stereocenters. The summed E-state index contributed by atoms with van der Waals surface area (Å²) in [6.07, 6.45) is 1.51. The SMILES string of the molecule is Cc1ncc(Br)cc1S(=O)(=O)Cl. The number of halogens is 2. The zero-order valence-electron chi connectivity index (χ0n) is 6.08. The summed E-state index contributed by atoms with van der Waals surface area (Å²) in [4.78, 5) is 3.87. The highest BCUT2D eigenvalue weighted by Gasteiger charge is 2.14. The van der Waals surface area contributed by atoms with Gasteiger partial charge in [-0.2, -0.15) is 0 Å². The van der Waals surface area contributed by atoms with Crippen molar-refractivity contribution in [1.82, 2.24) is 4.98 Å². The molecule has 0 saturated heterocycles. The Morgan fingerprint density at radius 2 is 2.17 bits per heavy atom. The molecule has 0 bridgehead atoms. The first-order chi connectivity index (χ1) is 5.41. The van der Waals surface area contributed by atoms with Crippen LogP contribution in [0.5, 0.6) is 0 Å². The van der Waals surface area contributed by atoms with Crippen molar-refractivity contribution in [2.75, 3.05) is 0 Å². The van der Waals surface area contributed by atoms with Crippen molar-refractivity contribution in [3.8, 4) is 0 Å². The van der Waals surface area contributed by atoms with Crippen LogP contribution < -0.4 is 0 Å². The Hall–Kier alpha value is -0.130. The molecule has 0 radical (unpaired) electrons. The van der Waals surface area contributed by atoms with Crippen molar-refractivity contribution in [3.63, 3.8) is 0 Å². The van der Waals surface area contributed by atoms with Crippen molar-refractivity contribution in [3.05, 3.63) is 22.4 Å². The van der Waals surface area contributed by atoms with Gasteiger partial charge in [0.15, 0.2) is 0 Å². The summed E-state index contributed by atoms with van der Waals surface area (Å²) in [5.74, 6) is 0. The quantitative estimate of drug-likeness (QED) is 0.734. The van der Waals surface area contributed by atoms with Crippen LogP contribution in [0.3, 0.4) is 0 Å². The summed E-state index contributed by atoms with van der Waals surface area (Å²) in [5, 5.41) is 0. The van der Waals surface area contributed by atoms with Crippen LogP contribution in [0.2, 0.25) is 0 Å². The third kappa shape index (κ3) is 2.18. The molecule has 0 unspecified atom stereocenters. The van der Waals surface area contributed by atoms with E-state index in [-0.39, 0.29) is 4.90 Å². The molecule has 0 amide bonds. The fourth-order valence-electron chi connectivity index (χ4n) is 0.736. The molecule has 0 N–H and O–H groups in total. The number of aryl methyl sites for hydroxylation is 1. The molecule has 1 rings (SSSR count). The van der Waals surface area contributed by atoms with E-state index >= 15 is 0 Å². The fraction of sp³-hybridized carbons (Fsp3) is 0.167. The highest BCUT2D eigenvalue weighted by atomic mass is 79.9. The fourth-order valence-corrected chi connectivity index (χ4v) is 2.36. The molecule has 0 aliphatic rings. The van der Waals surface area contributed by atoms with Crippen LogP contribution in [0.25, 0.3) is 0 Å². The number of hydrogen-bond acceptors (Lipinski definition) is 3. The van der Waals surface area contributed by atoms with Gasteiger partial charge in [0, 0.05) is 21.4 Å². The number of nitrogens with zero attached hydrogens (tertiary/aromatic N) is 1. The first-order valence-electron chi connectivity index (χ1n) is 2.98. The van der Waals surface area contributed by atoms with Crippen LogP contribution in [-0.2, 0) is 9.05 Å². The van der Waals surface area contributed by atoms with Gasteiger partial charge in [0.05, 0.1) is 5.69 Å². The lowest BCUT2D eigenvalue weighted by Gasteiger charge is -1.99. The van der Waals surface area contributed by atoms with E-state index in [0.29, 0.717) is 10.2 Å². The Morgan fingerprint density at radius 3 is 2.58 bits per heavy atom. The normalized spacial score (nSPS) is 11.6. The van der Waals surface area contributed by atoms with E-state index in [4.69, 9.17) is 10.7 Å². The zero-order valence-corrected chi connectivity index (χ0v) is 9.24. The topological polar surface area (TPSA) is 47.0 Å². The van der Waals surface area contributed by atoms with Crippen molar-refractivity contribution in [2.45, 2.75) is 11.8 Å². The summed E-state index contributed by atoms with van der Waals surface area (Å²) in [6.45, 7) is 1.59. The predicted molar refractivity (Wildman–Crippen MR) is 49.7 cm³/mol. The van der Waals surface area contributed by atoms with Crippen LogP contribution in [0.4, 0.5) is 0 Å². The molecule has 0 aromatic carbocycles. The Labute approximate surface area is 83.3 Å². The molecule has 6 heteroatoms. The predicted octanol–water partition coefficient (Wildman–Crippen LogP) is 2.08. The second-order valence-electron chi connectivity index (χ2n) is 2.17. The summed E-state index contributed by atoms with van der Waals surface area (Å²) >= 11 is 3.10. The van der Waals surface area contributed by atoms with Gasteiger partial charge in [-0.1, -0.05) is 0 Å². The molecule has 0 fully saturated rings. The van der Waals surface area contributed by atoms with Crippen molar-refractivity contribution in [1.29, 1.82) is 0 Å². The van der Waals surface area contributed by atoms with Gasteiger partial charge in [0.2, 0.25) is 0 Å². The largest absolute Gasteiger partial charge is 0.263 e. The number of pyridine rings is 1. The molecule has 1 aromatic rings. The maximum absolute atomic E-state index is 10.9. The van der Waals surface area contributed by atoms with E-state index in [9.17, 15) is 8.42 Å². The van der Waals surface area contributed by atoms with E-state index < -0.39 is 9.05 Å². The third-order valence-electron chi connectivity index (χ3n) is 1.27. The van der Waals surface area contributed by atoms with Gasteiger partial charge in [0.1, 0.15) is 4.90 Å². The summed E-state index contributed by atoms with van der Waals surface area (Å²) in [7, 11) is 1.47. The average Bonchev–Trinajstić information content (AvgIpc) is 1.92. The van der Waals surface area contributed by atoms with Gasteiger partial charge < -0.3 is 0 Å². The van der Waals surface area contributed by atoms with Gasteiger partial charge >= 0.3 is 0 Å². The zero-order chi connectivity index (χ0) is 9.35. The van der Waals surface area contributed by atoms with Crippen molar-refractivity contribution in [2.24, 2.45) is 0 Å². The summed E-state index contributed by atoms with van der Waals surface area (Å²) in [5.41, 5.74) is 0.396. The minimum Gasteiger partial charge on any atom is -0.259 e. The Bertz CT molecular complexity index is 404. The molecule has 0 aliphatic carbocycles. The number of hydrogen-bond donors (Lipinski definition) is 0. The Kier molecular flexibility index (Phi) is 2.75. The Balaban J connectivity index is 3.43.